The molecule has 198 valence electrons. The van der Waals surface area contributed by atoms with Gasteiger partial charge in [-0.2, -0.15) is 0 Å². The Balaban J connectivity index is 1.64. The average Bonchev–Trinajstić information content (AvgIpc) is 3.11. The first kappa shape index (κ1) is 29.8. The van der Waals surface area contributed by atoms with Crippen molar-refractivity contribution in [3.05, 3.63) is 60.9 Å². The predicted octanol–water partition coefficient (Wildman–Crippen LogP) is 7.67. The van der Waals surface area contributed by atoms with Gasteiger partial charge < -0.3 is 14.2 Å². The molecule has 1 aliphatic rings. The van der Waals surface area contributed by atoms with Crippen molar-refractivity contribution in [3.8, 4) is 11.5 Å². The molecule has 1 amide bonds. The summed E-state index contributed by atoms with van der Waals surface area (Å²) in [5.74, 6) is 0.694. The molecule has 0 N–H and O–H groups in total. The van der Waals surface area contributed by atoms with Crippen molar-refractivity contribution in [1.82, 2.24) is 4.90 Å². The van der Waals surface area contributed by atoms with Gasteiger partial charge in [0.2, 0.25) is 0 Å². The SMILES string of the molecule is CCOC(=O)CCCCCN1C(=O)/C(=C/c2cc(Br)c(OCc3ccc(Cl)cc3Cl)c(OC)c2)SC1=S. The van der Waals surface area contributed by atoms with Crippen LogP contribution < -0.4 is 9.47 Å². The van der Waals surface area contributed by atoms with Crippen LogP contribution in [0.15, 0.2) is 39.7 Å². The Kier molecular flexibility index (Phi) is 11.6. The van der Waals surface area contributed by atoms with Gasteiger partial charge in [-0.3, -0.25) is 14.5 Å². The second-order valence-electron chi connectivity index (χ2n) is 8.01. The quantitative estimate of drug-likeness (QED) is 0.101. The van der Waals surface area contributed by atoms with Gasteiger partial charge in [0.25, 0.3) is 5.91 Å². The predicted molar refractivity (Wildman–Crippen MR) is 156 cm³/mol. The maximum Gasteiger partial charge on any atom is 0.305 e. The third-order valence-corrected chi connectivity index (χ3v) is 7.93. The fourth-order valence-corrected chi connectivity index (χ4v) is 5.89. The largest absolute Gasteiger partial charge is 0.493 e. The zero-order valence-electron chi connectivity index (χ0n) is 20.4. The second kappa shape index (κ2) is 14.4. The highest BCUT2D eigenvalue weighted by Gasteiger charge is 2.31. The van der Waals surface area contributed by atoms with Crippen LogP contribution in [-0.4, -0.2) is 41.4 Å². The molecule has 0 aliphatic carbocycles. The third kappa shape index (κ3) is 8.35. The maximum absolute atomic E-state index is 13.0. The summed E-state index contributed by atoms with van der Waals surface area (Å²) < 4.78 is 17.7. The van der Waals surface area contributed by atoms with Crippen molar-refractivity contribution in [2.45, 2.75) is 39.2 Å². The molecule has 37 heavy (non-hydrogen) atoms. The van der Waals surface area contributed by atoms with Gasteiger partial charge in [0, 0.05) is 28.6 Å². The Hall–Kier alpha value is -1.78. The molecule has 1 saturated heterocycles. The smallest absolute Gasteiger partial charge is 0.305 e. The number of thioether (sulfide) groups is 1. The Morgan fingerprint density at radius 1 is 1.19 bits per heavy atom. The lowest BCUT2D eigenvalue weighted by molar-refractivity contribution is -0.143. The number of hydrogen-bond acceptors (Lipinski definition) is 7. The lowest BCUT2D eigenvalue weighted by Crippen LogP contribution is -2.29. The summed E-state index contributed by atoms with van der Waals surface area (Å²) in [4.78, 5) is 26.6. The first-order chi connectivity index (χ1) is 17.7. The summed E-state index contributed by atoms with van der Waals surface area (Å²) in [7, 11) is 1.55. The van der Waals surface area contributed by atoms with Gasteiger partial charge in [0.05, 0.1) is 23.1 Å². The van der Waals surface area contributed by atoms with E-state index < -0.39 is 0 Å². The molecule has 0 aromatic heterocycles. The van der Waals surface area contributed by atoms with Crippen LogP contribution in [0, 0.1) is 0 Å². The fourth-order valence-electron chi connectivity index (χ4n) is 3.55. The monoisotopic (exact) mass is 645 g/mol. The van der Waals surface area contributed by atoms with Crippen molar-refractivity contribution in [2.75, 3.05) is 20.3 Å². The summed E-state index contributed by atoms with van der Waals surface area (Å²) in [6.45, 7) is 2.91. The lowest BCUT2D eigenvalue weighted by Gasteiger charge is -2.15. The van der Waals surface area contributed by atoms with E-state index in [0.717, 1.165) is 30.4 Å². The molecule has 0 unspecified atom stereocenters. The van der Waals surface area contributed by atoms with E-state index >= 15 is 0 Å². The summed E-state index contributed by atoms with van der Waals surface area (Å²) in [6.07, 6.45) is 4.45. The number of carbonyl (C=O) groups excluding carboxylic acids is 2. The molecular formula is C26H26BrCl2NO5S2. The van der Waals surface area contributed by atoms with Gasteiger partial charge in [0.1, 0.15) is 10.9 Å². The molecule has 0 bridgehead atoms. The van der Waals surface area contributed by atoms with Crippen molar-refractivity contribution < 1.29 is 23.8 Å². The number of methoxy groups -OCH3 is 1. The minimum absolute atomic E-state index is 0.131. The number of amides is 1. The second-order valence-corrected chi connectivity index (χ2v) is 11.4. The molecule has 3 rings (SSSR count). The number of thiocarbonyl (C=S) groups is 1. The molecule has 1 heterocycles. The van der Waals surface area contributed by atoms with Crippen molar-refractivity contribution in [2.24, 2.45) is 0 Å². The topological polar surface area (TPSA) is 65.1 Å². The van der Waals surface area contributed by atoms with Crippen LogP contribution in [0.2, 0.25) is 10.0 Å². The van der Waals surface area contributed by atoms with E-state index in [1.165, 1.54) is 11.8 Å². The zero-order valence-corrected chi connectivity index (χ0v) is 25.1. The van der Waals surface area contributed by atoms with Crippen molar-refractivity contribution >= 4 is 85.4 Å². The molecule has 2 aromatic carbocycles. The van der Waals surface area contributed by atoms with E-state index in [2.05, 4.69) is 15.9 Å². The molecule has 0 atom stereocenters. The maximum atomic E-state index is 13.0. The van der Waals surface area contributed by atoms with Crippen LogP contribution >= 0.6 is 63.1 Å². The number of ether oxygens (including phenoxy) is 3. The number of unbranched alkanes of at least 4 members (excludes halogenated alkanes) is 2. The van der Waals surface area contributed by atoms with Crippen LogP contribution in [0.25, 0.3) is 6.08 Å². The Morgan fingerprint density at radius 3 is 2.68 bits per heavy atom. The molecule has 6 nitrogen and oxygen atoms in total. The summed E-state index contributed by atoms with van der Waals surface area (Å²) >= 11 is 22.5. The molecular weight excluding hydrogens is 621 g/mol. The van der Waals surface area contributed by atoms with Crippen LogP contribution in [0.1, 0.15) is 43.7 Å². The highest BCUT2D eigenvalue weighted by atomic mass is 79.9. The molecule has 2 aromatic rings. The number of hydrogen-bond donors (Lipinski definition) is 0. The molecule has 0 radical (unpaired) electrons. The highest BCUT2D eigenvalue weighted by Crippen LogP contribution is 2.40. The van der Waals surface area contributed by atoms with Gasteiger partial charge >= 0.3 is 5.97 Å². The van der Waals surface area contributed by atoms with Gasteiger partial charge in [-0.15, -0.1) is 0 Å². The highest BCUT2D eigenvalue weighted by molar-refractivity contribution is 9.10. The van der Waals surface area contributed by atoms with E-state index in [4.69, 9.17) is 49.6 Å². The third-order valence-electron chi connectivity index (χ3n) is 5.38. The van der Waals surface area contributed by atoms with Gasteiger partial charge in [-0.05, 0) is 71.6 Å². The van der Waals surface area contributed by atoms with Crippen LogP contribution in [-0.2, 0) is 20.9 Å². The summed E-state index contributed by atoms with van der Waals surface area (Å²) in [5.41, 5.74) is 1.55. The molecule has 0 saturated carbocycles. The first-order valence-electron chi connectivity index (χ1n) is 11.6. The van der Waals surface area contributed by atoms with Crippen LogP contribution in [0.3, 0.4) is 0 Å². The number of esters is 1. The van der Waals surface area contributed by atoms with E-state index in [0.29, 0.717) is 54.8 Å². The van der Waals surface area contributed by atoms with E-state index in [9.17, 15) is 9.59 Å². The lowest BCUT2D eigenvalue weighted by atomic mass is 10.1. The number of carbonyl (C=O) groups is 2. The minimum Gasteiger partial charge on any atom is -0.493 e. The minimum atomic E-state index is -0.192. The Morgan fingerprint density at radius 2 is 1.97 bits per heavy atom. The molecule has 0 spiro atoms. The van der Waals surface area contributed by atoms with Gasteiger partial charge in [0.15, 0.2) is 11.5 Å². The van der Waals surface area contributed by atoms with E-state index in [1.807, 2.05) is 12.1 Å². The first-order valence-corrected chi connectivity index (χ1v) is 14.4. The van der Waals surface area contributed by atoms with Crippen LogP contribution in [0.5, 0.6) is 11.5 Å². The number of rotatable bonds is 12. The van der Waals surface area contributed by atoms with Gasteiger partial charge in [-0.1, -0.05) is 59.7 Å². The average molecular weight is 647 g/mol. The summed E-state index contributed by atoms with van der Waals surface area (Å²) in [5, 5.41) is 1.07. The van der Waals surface area contributed by atoms with Gasteiger partial charge in [-0.25, -0.2) is 0 Å². The normalized spacial score (nSPS) is 14.4. The Bertz CT molecular complexity index is 1210. The molecule has 11 heteroatoms. The number of benzene rings is 2. The van der Waals surface area contributed by atoms with Crippen molar-refractivity contribution in [1.29, 1.82) is 0 Å². The van der Waals surface area contributed by atoms with E-state index in [1.54, 1.807) is 43.2 Å². The van der Waals surface area contributed by atoms with E-state index in [-0.39, 0.29) is 18.5 Å². The van der Waals surface area contributed by atoms with Crippen LogP contribution in [0.4, 0.5) is 0 Å². The number of nitrogens with zero attached hydrogens (tertiary/aromatic N) is 1. The van der Waals surface area contributed by atoms with Crippen molar-refractivity contribution in [3.63, 3.8) is 0 Å². The number of halogens is 3. The summed E-state index contributed by atoms with van der Waals surface area (Å²) in [6, 6.07) is 8.87. The standard InChI is InChI=1S/C26H26BrCl2NO5S2/c1-3-34-23(31)7-5-4-6-10-30-25(32)22(37-26(30)36)13-16-11-19(27)24(21(12-16)33-2)35-15-17-8-9-18(28)14-20(17)29/h8-9,11-14H,3-7,10,15H2,1-2H3/b22-13-. The zero-order chi connectivity index (χ0) is 26.9. The molecule has 1 aliphatic heterocycles. The Labute approximate surface area is 244 Å². The molecule has 1 fully saturated rings. The fraction of sp³-hybridized carbons (Fsp3) is 0.346.